The number of carbonyl (C=O) groups excluding carboxylic acids is 1. The number of para-hydroxylation sites is 1. The second-order valence-corrected chi connectivity index (χ2v) is 7.93. The molecule has 4 rings (SSSR count). The molecular weight excluding hydrogens is 372 g/mol. The third kappa shape index (κ3) is 3.82. The Kier molecular flexibility index (Phi) is 5.47. The lowest BCUT2D eigenvalue weighted by atomic mass is 10.2. The van der Waals surface area contributed by atoms with Crippen LogP contribution in [0.5, 0.6) is 0 Å². The summed E-state index contributed by atoms with van der Waals surface area (Å²) in [6.45, 7) is 4.82. The third-order valence-corrected chi connectivity index (χ3v) is 5.93. The van der Waals surface area contributed by atoms with Crippen LogP contribution in [0.15, 0.2) is 35.5 Å². The van der Waals surface area contributed by atoms with E-state index in [4.69, 9.17) is 0 Å². The van der Waals surface area contributed by atoms with Gasteiger partial charge in [-0.2, -0.15) is 5.10 Å². The summed E-state index contributed by atoms with van der Waals surface area (Å²) in [5, 5.41) is 17.0. The molecule has 1 aromatic carbocycles. The van der Waals surface area contributed by atoms with E-state index in [1.807, 2.05) is 48.9 Å². The van der Waals surface area contributed by atoms with Crippen molar-refractivity contribution < 1.29 is 4.79 Å². The number of hydrogen-bond donors (Lipinski definition) is 1. The Bertz CT molecular complexity index is 978. The van der Waals surface area contributed by atoms with Crippen molar-refractivity contribution in [3.8, 4) is 5.69 Å². The number of anilines is 1. The van der Waals surface area contributed by atoms with Gasteiger partial charge in [-0.25, -0.2) is 4.68 Å². The van der Waals surface area contributed by atoms with Crippen molar-refractivity contribution in [3.63, 3.8) is 0 Å². The smallest absolute Gasteiger partial charge is 0.234 e. The van der Waals surface area contributed by atoms with E-state index in [-0.39, 0.29) is 5.91 Å². The lowest BCUT2D eigenvalue weighted by Crippen LogP contribution is -2.16. The van der Waals surface area contributed by atoms with E-state index in [0.717, 1.165) is 59.6 Å². The van der Waals surface area contributed by atoms with Crippen LogP contribution in [0.2, 0.25) is 0 Å². The second-order valence-electron chi connectivity index (χ2n) is 6.99. The quantitative estimate of drug-likeness (QED) is 0.668. The molecule has 8 heteroatoms. The van der Waals surface area contributed by atoms with Crippen molar-refractivity contribution in [1.82, 2.24) is 24.5 Å². The number of nitrogens with zero attached hydrogens (tertiary/aromatic N) is 5. The molecule has 146 valence electrons. The molecule has 1 aliphatic rings. The summed E-state index contributed by atoms with van der Waals surface area (Å²) in [5.41, 5.74) is 3.47. The van der Waals surface area contributed by atoms with Crippen molar-refractivity contribution >= 4 is 23.4 Å². The molecule has 0 aliphatic carbocycles. The van der Waals surface area contributed by atoms with Gasteiger partial charge in [0.05, 0.1) is 28.5 Å². The highest BCUT2D eigenvalue weighted by Crippen LogP contribution is 2.25. The summed E-state index contributed by atoms with van der Waals surface area (Å²) in [6, 6.07) is 9.92. The van der Waals surface area contributed by atoms with Gasteiger partial charge in [-0.3, -0.25) is 4.79 Å². The van der Waals surface area contributed by atoms with E-state index in [0.29, 0.717) is 5.75 Å². The second kappa shape index (κ2) is 8.18. The highest BCUT2D eigenvalue weighted by Gasteiger charge is 2.18. The molecule has 0 radical (unpaired) electrons. The summed E-state index contributed by atoms with van der Waals surface area (Å²) >= 11 is 1.44. The predicted octanol–water partition coefficient (Wildman–Crippen LogP) is 3.54. The molecule has 0 spiro atoms. The molecule has 1 N–H and O–H groups in total. The molecule has 1 aliphatic heterocycles. The van der Waals surface area contributed by atoms with Crippen molar-refractivity contribution in [2.45, 2.75) is 51.2 Å². The number of rotatable bonds is 5. The van der Waals surface area contributed by atoms with Gasteiger partial charge in [0.2, 0.25) is 5.91 Å². The largest absolute Gasteiger partial charge is 0.322 e. The standard InChI is InChI=1S/C20H24N6OS/c1-14-19(15(2)26(24-14)16-9-5-3-6-10-16)21-18(27)13-28-20-23-22-17-11-7-4-8-12-25(17)20/h3,5-6,9-10H,4,7-8,11-13H2,1-2H3,(H,21,27). The summed E-state index contributed by atoms with van der Waals surface area (Å²) in [6.07, 6.45) is 4.49. The summed E-state index contributed by atoms with van der Waals surface area (Å²) in [7, 11) is 0. The average Bonchev–Trinajstić information content (AvgIpc) is 3.11. The number of nitrogens with one attached hydrogen (secondary N) is 1. The fourth-order valence-electron chi connectivity index (χ4n) is 3.51. The minimum Gasteiger partial charge on any atom is -0.322 e. The molecular formula is C20H24N6OS. The van der Waals surface area contributed by atoms with Gasteiger partial charge in [0.15, 0.2) is 5.16 Å². The number of hydrogen-bond acceptors (Lipinski definition) is 5. The summed E-state index contributed by atoms with van der Waals surface area (Å²) in [5.74, 6) is 1.28. The molecule has 0 fully saturated rings. The molecule has 2 aromatic heterocycles. The van der Waals surface area contributed by atoms with E-state index in [1.165, 1.54) is 18.2 Å². The van der Waals surface area contributed by atoms with Crippen LogP contribution in [0, 0.1) is 13.8 Å². The van der Waals surface area contributed by atoms with Crippen molar-refractivity contribution in [2.75, 3.05) is 11.1 Å². The molecule has 0 bridgehead atoms. The van der Waals surface area contributed by atoms with Gasteiger partial charge in [-0.15, -0.1) is 10.2 Å². The van der Waals surface area contributed by atoms with Crippen LogP contribution in [0.1, 0.15) is 36.5 Å². The first-order chi connectivity index (χ1) is 13.6. The Balaban J connectivity index is 1.44. The van der Waals surface area contributed by atoms with E-state index in [1.54, 1.807) is 0 Å². The van der Waals surface area contributed by atoms with E-state index < -0.39 is 0 Å². The maximum atomic E-state index is 12.6. The van der Waals surface area contributed by atoms with Crippen LogP contribution in [-0.2, 0) is 17.8 Å². The predicted molar refractivity (Wildman–Crippen MR) is 110 cm³/mol. The first kappa shape index (κ1) is 18.7. The zero-order valence-corrected chi connectivity index (χ0v) is 17.0. The van der Waals surface area contributed by atoms with E-state index >= 15 is 0 Å². The summed E-state index contributed by atoms with van der Waals surface area (Å²) in [4.78, 5) is 12.6. The lowest BCUT2D eigenvalue weighted by Gasteiger charge is -2.08. The Morgan fingerprint density at radius 2 is 1.96 bits per heavy atom. The highest BCUT2D eigenvalue weighted by atomic mass is 32.2. The number of amides is 1. The highest BCUT2D eigenvalue weighted by molar-refractivity contribution is 7.99. The molecule has 0 saturated carbocycles. The fourth-order valence-corrected chi connectivity index (χ4v) is 4.30. The van der Waals surface area contributed by atoms with Crippen LogP contribution in [-0.4, -0.2) is 36.2 Å². The molecule has 3 heterocycles. The average molecular weight is 397 g/mol. The Morgan fingerprint density at radius 3 is 2.79 bits per heavy atom. The maximum absolute atomic E-state index is 12.6. The van der Waals surface area contributed by atoms with Crippen molar-refractivity contribution in [3.05, 3.63) is 47.5 Å². The van der Waals surface area contributed by atoms with Crippen LogP contribution in [0.3, 0.4) is 0 Å². The van der Waals surface area contributed by atoms with E-state index in [9.17, 15) is 4.79 Å². The van der Waals surface area contributed by atoms with Crippen LogP contribution in [0.4, 0.5) is 5.69 Å². The fraction of sp³-hybridized carbons (Fsp3) is 0.400. The SMILES string of the molecule is Cc1nn(-c2ccccc2)c(C)c1NC(=O)CSc1nnc2n1CCCCC2. The zero-order valence-electron chi connectivity index (χ0n) is 16.2. The van der Waals surface area contributed by atoms with Gasteiger partial charge in [-0.1, -0.05) is 36.4 Å². The summed E-state index contributed by atoms with van der Waals surface area (Å²) < 4.78 is 4.02. The number of carbonyl (C=O) groups is 1. The van der Waals surface area contributed by atoms with Crippen LogP contribution < -0.4 is 5.32 Å². The minimum atomic E-state index is -0.0604. The molecule has 28 heavy (non-hydrogen) atoms. The first-order valence-corrected chi connectivity index (χ1v) is 10.6. The van der Waals surface area contributed by atoms with Gasteiger partial charge >= 0.3 is 0 Å². The lowest BCUT2D eigenvalue weighted by molar-refractivity contribution is -0.113. The number of thioether (sulfide) groups is 1. The van der Waals surface area contributed by atoms with Gasteiger partial charge in [0, 0.05) is 13.0 Å². The van der Waals surface area contributed by atoms with Gasteiger partial charge in [-0.05, 0) is 38.8 Å². The van der Waals surface area contributed by atoms with Crippen molar-refractivity contribution in [1.29, 1.82) is 0 Å². The third-order valence-electron chi connectivity index (χ3n) is 4.96. The van der Waals surface area contributed by atoms with Gasteiger partial charge in [0.1, 0.15) is 5.82 Å². The maximum Gasteiger partial charge on any atom is 0.234 e. The van der Waals surface area contributed by atoms with Gasteiger partial charge in [0.25, 0.3) is 0 Å². The van der Waals surface area contributed by atoms with Crippen LogP contribution >= 0.6 is 11.8 Å². The molecule has 3 aromatic rings. The zero-order chi connectivity index (χ0) is 19.5. The first-order valence-electron chi connectivity index (χ1n) is 9.60. The van der Waals surface area contributed by atoms with Gasteiger partial charge < -0.3 is 9.88 Å². The molecule has 0 saturated heterocycles. The molecule has 7 nitrogen and oxygen atoms in total. The molecule has 0 atom stereocenters. The normalized spacial score (nSPS) is 13.8. The Hall–Kier alpha value is -2.61. The minimum absolute atomic E-state index is 0.0604. The number of aromatic nitrogens is 5. The molecule has 1 amide bonds. The number of aryl methyl sites for hydroxylation is 2. The molecule has 0 unspecified atom stereocenters. The monoisotopic (exact) mass is 396 g/mol. The number of benzene rings is 1. The van der Waals surface area contributed by atoms with E-state index in [2.05, 4.69) is 25.2 Å². The topological polar surface area (TPSA) is 77.6 Å². The Morgan fingerprint density at radius 1 is 1.14 bits per heavy atom. The number of fused-ring (bicyclic) bond motifs is 1. The van der Waals surface area contributed by atoms with Crippen molar-refractivity contribution in [2.24, 2.45) is 0 Å². The van der Waals surface area contributed by atoms with Crippen LogP contribution in [0.25, 0.3) is 5.69 Å². The Labute approximate surface area is 168 Å².